The first kappa shape index (κ1) is 14.9. The third kappa shape index (κ3) is 2.18. The molecule has 1 aromatic rings. The van der Waals surface area contributed by atoms with E-state index in [1.807, 2.05) is 0 Å². The zero-order chi connectivity index (χ0) is 13.7. The van der Waals surface area contributed by atoms with E-state index in [9.17, 15) is 4.79 Å². The van der Waals surface area contributed by atoms with Gasteiger partial charge in [-0.15, -0.1) is 12.4 Å². The molecule has 4 heteroatoms. The first-order chi connectivity index (χ1) is 9.72. The molecule has 1 saturated heterocycles. The summed E-state index contributed by atoms with van der Waals surface area (Å²) >= 11 is 0. The Kier molecular flexibility index (Phi) is 3.74. The fourth-order valence-corrected chi connectivity index (χ4v) is 4.29. The lowest BCUT2D eigenvalue weighted by Crippen LogP contribution is -2.53. The highest BCUT2D eigenvalue weighted by molar-refractivity contribution is 5.85. The molecular formula is C17H23ClN2O. The van der Waals surface area contributed by atoms with E-state index in [0.29, 0.717) is 11.9 Å². The van der Waals surface area contributed by atoms with Gasteiger partial charge < -0.3 is 10.2 Å². The molecule has 21 heavy (non-hydrogen) atoms. The van der Waals surface area contributed by atoms with Crippen LogP contribution in [0.15, 0.2) is 24.3 Å². The van der Waals surface area contributed by atoms with Crippen LogP contribution >= 0.6 is 12.4 Å². The minimum atomic E-state index is 0. The second-order valence-corrected chi connectivity index (χ2v) is 6.65. The van der Waals surface area contributed by atoms with Gasteiger partial charge in [-0.2, -0.15) is 0 Å². The number of halogens is 1. The number of carbonyl (C=O) groups is 1. The van der Waals surface area contributed by atoms with E-state index >= 15 is 0 Å². The van der Waals surface area contributed by atoms with Crippen molar-refractivity contribution < 1.29 is 4.79 Å². The summed E-state index contributed by atoms with van der Waals surface area (Å²) in [5, 5.41) is 3.36. The Morgan fingerprint density at radius 3 is 3.00 bits per heavy atom. The minimum absolute atomic E-state index is 0. The van der Waals surface area contributed by atoms with Crippen molar-refractivity contribution in [2.45, 2.75) is 37.6 Å². The Morgan fingerprint density at radius 1 is 1.38 bits per heavy atom. The van der Waals surface area contributed by atoms with E-state index in [1.54, 1.807) is 0 Å². The number of nitrogens with one attached hydrogen (secondary N) is 1. The van der Waals surface area contributed by atoms with E-state index < -0.39 is 0 Å². The monoisotopic (exact) mass is 306 g/mol. The average molecular weight is 307 g/mol. The molecular weight excluding hydrogens is 284 g/mol. The topological polar surface area (TPSA) is 32.3 Å². The SMILES string of the molecule is C[C@@H]1CNCCN1C(=O)C1CC12CCc1ccccc12.Cl. The number of carbonyl (C=O) groups excluding carboxylic acids is 1. The van der Waals surface area contributed by atoms with Gasteiger partial charge in [0.1, 0.15) is 0 Å². The highest BCUT2D eigenvalue weighted by Gasteiger charge is 2.62. The second-order valence-electron chi connectivity index (χ2n) is 6.65. The van der Waals surface area contributed by atoms with Crippen LogP contribution in [0, 0.1) is 5.92 Å². The van der Waals surface area contributed by atoms with Gasteiger partial charge in [-0.05, 0) is 37.3 Å². The Bertz CT molecular complexity index is 561. The van der Waals surface area contributed by atoms with Gasteiger partial charge in [-0.3, -0.25) is 4.79 Å². The zero-order valence-corrected chi connectivity index (χ0v) is 13.3. The van der Waals surface area contributed by atoms with Gasteiger partial charge in [0.25, 0.3) is 0 Å². The lowest BCUT2D eigenvalue weighted by molar-refractivity contribution is -0.135. The lowest BCUT2D eigenvalue weighted by atomic mass is 9.94. The molecule has 1 N–H and O–H groups in total. The zero-order valence-electron chi connectivity index (χ0n) is 12.5. The van der Waals surface area contributed by atoms with Crippen LogP contribution in [0.1, 0.15) is 30.9 Å². The molecule has 1 heterocycles. The predicted octanol–water partition coefficient (Wildman–Crippen LogP) is 2.13. The van der Waals surface area contributed by atoms with Crippen LogP contribution in [-0.4, -0.2) is 36.5 Å². The van der Waals surface area contributed by atoms with E-state index in [1.165, 1.54) is 17.5 Å². The summed E-state index contributed by atoms with van der Waals surface area (Å²) in [6.45, 7) is 4.89. The van der Waals surface area contributed by atoms with Crippen molar-refractivity contribution >= 4 is 18.3 Å². The predicted molar refractivity (Wildman–Crippen MR) is 85.8 cm³/mol. The maximum absolute atomic E-state index is 12.8. The highest BCUT2D eigenvalue weighted by Crippen LogP contribution is 2.62. The standard InChI is InChI=1S/C17H22N2O.ClH/c1-12-11-18-8-9-19(12)16(20)15-10-17(15)7-6-13-4-2-3-5-14(13)17;/h2-5,12,15,18H,6-11H2,1H3;1H/t12-,15?,17?;/m1./s1. The van der Waals surface area contributed by atoms with Crippen molar-refractivity contribution in [3.63, 3.8) is 0 Å². The van der Waals surface area contributed by atoms with Crippen molar-refractivity contribution in [3.05, 3.63) is 35.4 Å². The van der Waals surface area contributed by atoms with Crippen LogP contribution in [0.3, 0.4) is 0 Å². The Morgan fingerprint density at radius 2 is 2.19 bits per heavy atom. The number of amides is 1. The minimum Gasteiger partial charge on any atom is -0.337 e. The smallest absolute Gasteiger partial charge is 0.226 e. The van der Waals surface area contributed by atoms with E-state index in [4.69, 9.17) is 0 Å². The molecule has 2 unspecified atom stereocenters. The Balaban J connectivity index is 0.00000132. The first-order valence-corrected chi connectivity index (χ1v) is 7.82. The van der Waals surface area contributed by atoms with Crippen molar-refractivity contribution in [1.29, 1.82) is 0 Å². The van der Waals surface area contributed by atoms with Crippen LogP contribution < -0.4 is 5.32 Å². The lowest BCUT2D eigenvalue weighted by Gasteiger charge is -2.34. The van der Waals surface area contributed by atoms with Gasteiger partial charge in [-0.1, -0.05) is 24.3 Å². The molecule has 1 saturated carbocycles. The second kappa shape index (κ2) is 5.29. The number of hydrogen-bond acceptors (Lipinski definition) is 2. The maximum atomic E-state index is 12.8. The van der Waals surface area contributed by atoms with Crippen molar-refractivity contribution in [3.8, 4) is 0 Å². The van der Waals surface area contributed by atoms with Gasteiger partial charge in [-0.25, -0.2) is 0 Å². The molecule has 1 spiro atoms. The molecule has 2 aliphatic carbocycles. The molecule has 3 aliphatic rings. The molecule has 0 bridgehead atoms. The third-order valence-corrected chi connectivity index (χ3v) is 5.55. The third-order valence-electron chi connectivity index (χ3n) is 5.55. The number of benzene rings is 1. The van der Waals surface area contributed by atoms with Gasteiger partial charge in [0.05, 0.1) is 0 Å². The Hall–Kier alpha value is -1.06. The number of nitrogens with zero attached hydrogens (tertiary/aromatic N) is 1. The van der Waals surface area contributed by atoms with Crippen LogP contribution in [0.25, 0.3) is 0 Å². The van der Waals surface area contributed by atoms with Crippen molar-refractivity contribution in [2.75, 3.05) is 19.6 Å². The number of piperazine rings is 1. The number of hydrogen-bond donors (Lipinski definition) is 1. The summed E-state index contributed by atoms with van der Waals surface area (Å²) in [5.74, 6) is 0.641. The quantitative estimate of drug-likeness (QED) is 0.862. The highest BCUT2D eigenvalue weighted by atomic mass is 35.5. The molecule has 0 aromatic heterocycles. The summed E-state index contributed by atoms with van der Waals surface area (Å²) < 4.78 is 0. The van der Waals surface area contributed by atoms with Crippen molar-refractivity contribution in [1.82, 2.24) is 10.2 Å². The van der Waals surface area contributed by atoms with Crippen LogP contribution in [0.2, 0.25) is 0 Å². The fourth-order valence-electron chi connectivity index (χ4n) is 4.29. The number of fused-ring (bicyclic) bond motifs is 2. The number of aryl methyl sites for hydroxylation is 1. The van der Waals surface area contributed by atoms with Crippen molar-refractivity contribution in [2.24, 2.45) is 5.92 Å². The summed E-state index contributed by atoms with van der Waals surface area (Å²) in [4.78, 5) is 14.9. The van der Waals surface area contributed by atoms with E-state index in [0.717, 1.165) is 32.5 Å². The maximum Gasteiger partial charge on any atom is 0.226 e. The summed E-state index contributed by atoms with van der Waals surface area (Å²) in [6.07, 6.45) is 3.39. The first-order valence-electron chi connectivity index (χ1n) is 7.82. The molecule has 2 fully saturated rings. The summed E-state index contributed by atoms with van der Waals surface area (Å²) in [5.41, 5.74) is 3.12. The molecule has 114 valence electrons. The molecule has 1 amide bonds. The van der Waals surface area contributed by atoms with Gasteiger partial charge in [0.2, 0.25) is 5.91 Å². The molecule has 1 aliphatic heterocycles. The number of rotatable bonds is 1. The molecule has 3 atom stereocenters. The molecule has 4 rings (SSSR count). The molecule has 3 nitrogen and oxygen atoms in total. The summed E-state index contributed by atoms with van der Waals surface area (Å²) in [7, 11) is 0. The van der Waals surface area contributed by atoms with Crippen LogP contribution in [-0.2, 0) is 16.6 Å². The average Bonchev–Trinajstić information content (AvgIpc) is 3.09. The summed E-state index contributed by atoms with van der Waals surface area (Å²) in [6, 6.07) is 9.06. The fraction of sp³-hybridized carbons (Fsp3) is 0.588. The van der Waals surface area contributed by atoms with Gasteiger partial charge in [0.15, 0.2) is 0 Å². The van der Waals surface area contributed by atoms with Gasteiger partial charge >= 0.3 is 0 Å². The Labute approximate surface area is 132 Å². The largest absolute Gasteiger partial charge is 0.337 e. The normalized spacial score (nSPS) is 33.5. The van der Waals surface area contributed by atoms with Crippen LogP contribution in [0.4, 0.5) is 0 Å². The van der Waals surface area contributed by atoms with Gasteiger partial charge in [0, 0.05) is 37.0 Å². The van der Waals surface area contributed by atoms with Crippen LogP contribution in [0.5, 0.6) is 0 Å². The molecule has 0 radical (unpaired) electrons. The van der Waals surface area contributed by atoms with E-state index in [-0.39, 0.29) is 23.7 Å². The van der Waals surface area contributed by atoms with E-state index in [2.05, 4.69) is 41.4 Å². The molecule has 1 aromatic carbocycles.